The van der Waals surface area contributed by atoms with Gasteiger partial charge < -0.3 is 9.84 Å². The average Bonchev–Trinajstić information content (AvgIpc) is 2.61. The Morgan fingerprint density at radius 1 is 1.04 bits per heavy atom. The summed E-state index contributed by atoms with van der Waals surface area (Å²) in [4.78, 5) is 23.2. The van der Waals surface area contributed by atoms with Crippen LogP contribution in [0.4, 0.5) is 4.39 Å². The van der Waals surface area contributed by atoms with Crippen LogP contribution >= 0.6 is 0 Å². The van der Waals surface area contributed by atoms with Crippen LogP contribution in [0, 0.1) is 0 Å². The van der Waals surface area contributed by atoms with Crippen LogP contribution < -0.4 is 5.32 Å². The number of carbonyl (C=O) groups excluding carboxylic acids is 1. The Hall–Kier alpha value is -2.73. The number of nitrogens with one attached hydrogen (secondary N) is 1. The number of carboxylic acid groups (broad SMARTS) is 1. The standard InChI is InChI=1S/C21H24FNO4/c1-21(2,3)27-20(26)18(22)23-17(19(24)25)13-14-9-11-16(12-10-14)15-7-5-4-6-8-15/h4-12,17-18,23H,13H2,1-3H3,(H,24,25)/t17?,18-/m1/s1. The molecule has 27 heavy (non-hydrogen) atoms. The third-order valence-corrected chi connectivity index (χ3v) is 3.76. The fourth-order valence-electron chi connectivity index (χ4n) is 2.52. The van der Waals surface area contributed by atoms with E-state index in [1.807, 2.05) is 42.5 Å². The summed E-state index contributed by atoms with van der Waals surface area (Å²) >= 11 is 0. The number of hydrogen-bond acceptors (Lipinski definition) is 4. The number of hydrogen-bond donors (Lipinski definition) is 2. The van der Waals surface area contributed by atoms with Gasteiger partial charge in [0.05, 0.1) is 0 Å². The second-order valence-corrected chi connectivity index (χ2v) is 7.22. The molecule has 0 aliphatic heterocycles. The van der Waals surface area contributed by atoms with E-state index in [-0.39, 0.29) is 6.42 Å². The van der Waals surface area contributed by atoms with Crippen molar-refractivity contribution in [1.82, 2.24) is 5.32 Å². The smallest absolute Gasteiger partial charge is 0.356 e. The molecule has 0 spiro atoms. The first kappa shape index (κ1) is 20.6. The van der Waals surface area contributed by atoms with Gasteiger partial charge in [-0.2, -0.15) is 0 Å². The molecule has 0 aliphatic carbocycles. The lowest BCUT2D eigenvalue weighted by Gasteiger charge is -2.23. The van der Waals surface area contributed by atoms with E-state index in [9.17, 15) is 19.1 Å². The van der Waals surface area contributed by atoms with Gasteiger partial charge in [-0.25, -0.2) is 9.18 Å². The number of carboxylic acids is 1. The summed E-state index contributed by atoms with van der Waals surface area (Å²) in [6.07, 6.45) is -2.18. The number of carbonyl (C=O) groups is 2. The van der Waals surface area contributed by atoms with Crippen molar-refractivity contribution in [1.29, 1.82) is 0 Å². The zero-order valence-electron chi connectivity index (χ0n) is 15.6. The highest BCUT2D eigenvalue weighted by Gasteiger charge is 2.29. The quantitative estimate of drug-likeness (QED) is 0.573. The van der Waals surface area contributed by atoms with E-state index in [0.29, 0.717) is 5.56 Å². The van der Waals surface area contributed by atoms with Crippen molar-refractivity contribution in [2.45, 2.75) is 45.1 Å². The first-order chi connectivity index (χ1) is 12.7. The lowest BCUT2D eigenvalue weighted by molar-refractivity contribution is -0.163. The van der Waals surface area contributed by atoms with Crippen LogP contribution in [0.5, 0.6) is 0 Å². The fraction of sp³-hybridized carbons (Fsp3) is 0.333. The largest absolute Gasteiger partial charge is 0.480 e. The molecule has 2 rings (SSSR count). The molecule has 0 fully saturated rings. The van der Waals surface area contributed by atoms with Crippen LogP contribution in [0.15, 0.2) is 54.6 Å². The predicted octanol–water partition coefficient (Wildman–Crippen LogP) is 3.58. The number of aliphatic carboxylic acids is 1. The Kier molecular flexibility index (Phi) is 6.69. The molecule has 0 saturated heterocycles. The first-order valence-electron chi connectivity index (χ1n) is 8.66. The minimum absolute atomic E-state index is 0.0353. The average molecular weight is 373 g/mol. The van der Waals surface area contributed by atoms with E-state index in [0.717, 1.165) is 11.1 Å². The summed E-state index contributed by atoms with van der Waals surface area (Å²) in [5.41, 5.74) is 1.91. The maximum absolute atomic E-state index is 14.1. The molecule has 2 atom stereocenters. The summed E-state index contributed by atoms with van der Waals surface area (Å²) < 4.78 is 19.0. The molecule has 0 amide bonds. The van der Waals surface area contributed by atoms with Crippen molar-refractivity contribution >= 4 is 11.9 Å². The molecular formula is C21H24FNO4. The number of halogens is 1. The van der Waals surface area contributed by atoms with Crippen molar-refractivity contribution in [2.75, 3.05) is 0 Å². The molecule has 0 heterocycles. The highest BCUT2D eigenvalue weighted by Crippen LogP contribution is 2.20. The lowest BCUT2D eigenvalue weighted by atomic mass is 10.0. The Bertz CT molecular complexity index is 769. The van der Waals surface area contributed by atoms with Gasteiger partial charge in [-0.1, -0.05) is 54.6 Å². The van der Waals surface area contributed by atoms with Crippen LogP contribution in [0.25, 0.3) is 11.1 Å². The number of ether oxygens (including phenoxy) is 1. The fourth-order valence-corrected chi connectivity index (χ4v) is 2.52. The van der Waals surface area contributed by atoms with Gasteiger partial charge >= 0.3 is 11.9 Å². The highest BCUT2D eigenvalue weighted by molar-refractivity contribution is 5.78. The zero-order chi connectivity index (χ0) is 20.0. The van der Waals surface area contributed by atoms with Gasteiger partial charge in [0.1, 0.15) is 11.6 Å². The number of esters is 1. The molecule has 2 N–H and O–H groups in total. The van der Waals surface area contributed by atoms with Gasteiger partial charge in [-0.15, -0.1) is 0 Å². The van der Waals surface area contributed by atoms with Crippen molar-refractivity contribution in [3.63, 3.8) is 0 Å². The van der Waals surface area contributed by atoms with Crippen LogP contribution in [-0.4, -0.2) is 35.0 Å². The second kappa shape index (κ2) is 8.77. The van der Waals surface area contributed by atoms with E-state index in [1.165, 1.54) is 0 Å². The minimum Gasteiger partial charge on any atom is -0.480 e. The van der Waals surface area contributed by atoms with E-state index in [1.54, 1.807) is 32.9 Å². The van der Waals surface area contributed by atoms with Gasteiger partial charge in [-0.05, 0) is 43.9 Å². The molecule has 2 aromatic rings. The Labute approximate surface area is 158 Å². The minimum atomic E-state index is -2.21. The SMILES string of the molecule is CC(C)(C)OC(=O)[C@H](F)NC(Cc1ccc(-c2ccccc2)cc1)C(=O)O. The van der Waals surface area contributed by atoms with Crippen molar-refractivity contribution in [2.24, 2.45) is 0 Å². The van der Waals surface area contributed by atoms with Gasteiger partial charge in [0.25, 0.3) is 0 Å². The van der Waals surface area contributed by atoms with Gasteiger partial charge in [0.2, 0.25) is 6.30 Å². The zero-order valence-corrected chi connectivity index (χ0v) is 15.6. The molecule has 0 aromatic heterocycles. The van der Waals surface area contributed by atoms with Crippen LogP contribution in [0.3, 0.4) is 0 Å². The highest BCUT2D eigenvalue weighted by atomic mass is 19.1. The molecule has 0 saturated carbocycles. The normalized spacial score (nSPS) is 13.6. The molecule has 1 unspecified atom stereocenters. The summed E-state index contributed by atoms with van der Waals surface area (Å²) in [5, 5.41) is 11.5. The molecular weight excluding hydrogens is 349 g/mol. The van der Waals surface area contributed by atoms with Gasteiger partial charge in [-0.3, -0.25) is 10.1 Å². The summed E-state index contributed by atoms with van der Waals surface area (Å²) in [6.45, 7) is 4.84. The van der Waals surface area contributed by atoms with Gasteiger partial charge in [0.15, 0.2) is 0 Å². The summed E-state index contributed by atoms with van der Waals surface area (Å²) in [6, 6.07) is 15.8. The van der Waals surface area contributed by atoms with Crippen molar-refractivity contribution in [3.05, 3.63) is 60.2 Å². The molecule has 0 aliphatic rings. The predicted molar refractivity (Wildman–Crippen MR) is 101 cm³/mol. The number of rotatable bonds is 7. The molecule has 6 heteroatoms. The maximum Gasteiger partial charge on any atom is 0.356 e. The van der Waals surface area contributed by atoms with E-state index in [2.05, 4.69) is 5.32 Å². The maximum atomic E-state index is 14.1. The Morgan fingerprint density at radius 2 is 1.59 bits per heavy atom. The lowest BCUT2D eigenvalue weighted by Crippen LogP contribution is -2.47. The summed E-state index contributed by atoms with van der Waals surface area (Å²) in [7, 11) is 0. The summed E-state index contributed by atoms with van der Waals surface area (Å²) in [5.74, 6) is -2.37. The monoisotopic (exact) mass is 373 g/mol. The number of alkyl halides is 1. The first-order valence-corrected chi connectivity index (χ1v) is 8.66. The third-order valence-electron chi connectivity index (χ3n) is 3.76. The number of benzene rings is 2. The molecule has 5 nitrogen and oxygen atoms in total. The van der Waals surface area contributed by atoms with E-state index in [4.69, 9.17) is 4.74 Å². The molecule has 2 aromatic carbocycles. The van der Waals surface area contributed by atoms with E-state index < -0.39 is 29.9 Å². The van der Waals surface area contributed by atoms with Crippen LogP contribution in [0.1, 0.15) is 26.3 Å². The van der Waals surface area contributed by atoms with Crippen LogP contribution in [-0.2, 0) is 20.7 Å². The molecule has 0 bridgehead atoms. The molecule has 144 valence electrons. The Morgan fingerprint density at radius 3 is 2.11 bits per heavy atom. The Balaban J connectivity index is 2.03. The van der Waals surface area contributed by atoms with Crippen molar-refractivity contribution in [3.8, 4) is 11.1 Å². The van der Waals surface area contributed by atoms with Gasteiger partial charge in [0, 0.05) is 0 Å². The second-order valence-electron chi connectivity index (χ2n) is 7.22. The molecule has 0 radical (unpaired) electrons. The van der Waals surface area contributed by atoms with Crippen LogP contribution in [0.2, 0.25) is 0 Å². The van der Waals surface area contributed by atoms with E-state index >= 15 is 0 Å². The van der Waals surface area contributed by atoms with Crippen molar-refractivity contribution < 1.29 is 23.8 Å². The third kappa shape index (κ3) is 6.49. The topological polar surface area (TPSA) is 75.6 Å².